The predicted octanol–water partition coefficient (Wildman–Crippen LogP) is 9.56. The lowest BCUT2D eigenvalue weighted by Gasteiger charge is -2.07. The molecular weight excluding hydrogens is 741 g/mol. The first kappa shape index (κ1) is 62.4. The summed E-state index contributed by atoms with van der Waals surface area (Å²) in [6.45, 7) is 11.7. The van der Waals surface area contributed by atoms with E-state index in [9.17, 15) is 9.59 Å². The Labute approximate surface area is 355 Å². The van der Waals surface area contributed by atoms with Crippen LogP contribution in [0.5, 0.6) is 0 Å². The summed E-state index contributed by atoms with van der Waals surface area (Å²) >= 11 is 0. The molecule has 57 heavy (non-hydrogen) atoms. The number of rotatable bonds is 37. The quantitative estimate of drug-likeness (QED) is 0.0273. The Morgan fingerprint density at radius 3 is 0.702 bits per heavy atom. The van der Waals surface area contributed by atoms with Crippen molar-refractivity contribution in [3.8, 4) is 0 Å². The Bertz CT molecular complexity index is 824. The van der Waals surface area contributed by atoms with Crippen molar-refractivity contribution >= 4 is 22.3 Å². The van der Waals surface area contributed by atoms with Gasteiger partial charge in [-0.25, -0.2) is 0 Å². The largest absolute Gasteiger partial charge is 0.759 e. The van der Waals surface area contributed by atoms with E-state index in [0.717, 1.165) is 25.7 Å². The maximum Gasteiger partial charge on any atom is 0.305 e. The average Bonchev–Trinajstić information content (AvgIpc) is 3.16. The molecule has 0 saturated carbocycles. The third-order valence-corrected chi connectivity index (χ3v) is 9.99. The van der Waals surface area contributed by atoms with Gasteiger partial charge in [0.2, 0.25) is 0 Å². The fourth-order valence-corrected chi connectivity index (χ4v) is 5.74. The first-order valence-corrected chi connectivity index (χ1v) is 25.1. The molecule has 0 unspecified atom stereocenters. The Morgan fingerprint density at radius 1 is 0.386 bits per heavy atom. The topological polar surface area (TPSA) is 142 Å². The molecule has 0 aromatic heterocycles. The Hall–Kier alpha value is -1.27. The van der Waals surface area contributed by atoms with Crippen LogP contribution in [0.25, 0.3) is 0 Å². The molecule has 0 atom stereocenters. The SMILES string of the molecule is CCCCCCCCCCCCCCCCCC(=O)OCCOC(=O)CCCCCCCCCCCCCCCCC.CC[NH+](C)C.CC[NH+](C)C.O=S(=O)([O-])[O-]. The summed E-state index contributed by atoms with van der Waals surface area (Å²) in [6, 6.07) is 0. The number of ether oxygens (including phenoxy) is 2. The van der Waals surface area contributed by atoms with Crippen LogP contribution in [0.1, 0.15) is 233 Å². The van der Waals surface area contributed by atoms with E-state index in [1.807, 2.05) is 0 Å². The second kappa shape index (κ2) is 52.7. The van der Waals surface area contributed by atoms with Gasteiger partial charge in [0, 0.05) is 23.2 Å². The zero-order valence-electron chi connectivity index (χ0n) is 39.1. The number of quaternary nitrogens is 2. The molecule has 0 saturated heterocycles. The van der Waals surface area contributed by atoms with E-state index in [-0.39, 0.29) is 25.2 Å². The first-order chi connectivity index (χ1) is 27.2. The average molecular weight is 839 g/mol. The molecule has 0 aromatic carbocycles. The highest BCUT2D eigenvalue weighted by molar-refractivity contribution is 7.79. The molecule has 0 aliphatic rings. The van der Waals surface area contributed by atoms with Gasteiger partial charge < -0.3 is 28.4 Å². The molecule has 0 heterocycles. The van der Waals surface area contributed by atoms with Crippen LogP contribution in [-0.4, -0.2) is 84.0 Å². The second-order valence-electron chi connectivity index (χ2n) is 16.4. The number of unbranched alkanes of at least 4 members (excludes halogenated alkanes) is 28. The van der Waals surface area contributed by atoms with Gasteiger partial charge in [-0.3, -0.25) is 18.0 Å². The Morgan fingerprint density at radius 2 is 0.544 bits per heavy atom. The summed E-state index contributed by atoms with van der Waals surface area (Å²) in [5, 5.41) is 0. The van der Waals surface area contributed by atoms with Crippen molar-refractivity contribution in [3.05, 3.63) is 0 Å². The van der Waals surface area contributed by atoms with Crippen molar-refractivity contribution in [2.24, 2.45) is 0 Å². The van der Waals surface area contributed by atoms with Gasteiger partial charge in [0.05, 0.1) is 41.3 Å². The van der Waals surface area contributed by atoms with Crippen molar-refractivity contribution in [2.75, 3.05) is 54.5 Å². The zero-order chi connectivity index (χ0) is 43.7. The fourth-order valence-electron chi connectivity index (χ4n) is 5.74. The molecule has 346 valence electrons. The molecule has 10 nitrogen and oxygen atoms in total. The Balaban J connectivity index is -0.000000785. The van der Waals surface area contributed by atoms with E-state index in [2.05, 4.69) is 55.9 Å². The van der Waals surface area contributed by atoms with E-state index >= 15 is 0 Å². The van der Waals surface area contributed by atoms with Crippen molar-refractivity contribution < 1.29 is 46.4 Å². The Kier molecular flexibility index (Phi) is 57.7. The van der Waals surface area contributed by atoms with Crippen LogP contribution < -0.4 is 9.80 Å². The van der Waals surface area contributed by atoms with Gasteiger partial charge in [0.1, 0.15) is 13.2 Å². The minimum absolute atomic E-state index is 0.164. The molecule has 0 bridgehead atoms. The molecule has 0 aliphatic heterocycles. The molecule has 0 amide bonds. The smallest absolute Gasteiger partial charge is 0.305 e. The monoisotopic (exact) mass is 839 g/mol. The summed E-state index contributed by atoms with van der Waals surface area (Å²) < 4.78 is 44.5. The standard InChI is InChI=1S/C38H74O4.2C4H11N.H2O4S/c1-3-5-7-9-11-13-15-17-19-21-23-25-27-29-31-33-37(39)41-35-36-42-38(40)34-32-30-28-26-24-22-20-18-16-14-12-10-8-6-4-2;2*1-4-5(2)3;1-5(2,3)4/h3-36H2,1-2H3;2*4H2,1-3H3;(H2,1,2,3,4). The van der Waals surface area contributed by atoms with Gasteiger partial charge in [0.15, 0.2) is 0 Å². The highest BCUT2D eigenvalue weighted by Crippen LogP contribution is 2.15. The van der Waals surface area contributed by atoms with Crippen molar-refractivity contribution in [1.29, 1.82) is 0 Å². The van der Waals surface area contributed by atoms with Crippen LogP contribution in [0, 0.1) is 0 Å². The number of carbonyl (C=O) groups is 2. The molecule has 0 fully saturated rings. The van der Waals surface area contributed by atoms with Gasteiger partial charge in [0.25, 0.3) is 0 Å². The molecule has 11 heteroatoms. The number of hydrogen-bond donors (Lipinski definition) is 2. The van der Waals surface area contributed by atoms with Gasteiger partial charge in [-0.2, -0.15) is 0 Å². The van der Waals surface area contributed by atoms with Crippen molar-refractivity contribution in [2.45, 2.75) is 233 Å². The molecule has 2 N–H and O–H groups in total. The third kappa shape index (κ3) is 79.6. The van der Waals surface area contributed by atoms with E-state index in [1.54, 1.807) is 0 Å². The van der Waals surface area contributed by atoms with Crippen molar-refractivity contribution in [1.82, 2.24) is 0 Å². The zero-order valence-corrected chi connectivity index (χ0v) is 39.9. The minimum Gasteiger partial charge on any atom is -0.759 e. The molecule has 0 rings (SSSR count). The lowest BCUT2D eigenvalue weighted by atomic mass is 10.0. The van der Waals surface area contributed by atoms with E-state index < -0.39 is 10.4 Å². The number of esters is 2. The lowest BCUT2D eigenvalue weighted by Crippen LogP contribution is -3.05. The minimum atomic E-state index is -5.17. The van der Waals surface area contributed by atoms with Gasteiger partial charge in [-0.1, -0.05) is 194 Å². The normalized spacial score (nSPS) is 10.9. The third-order valence-electron chi connectivity index (χ3n) is 9.99. The summed E-state index contributed by atoms with van der Waals surface area (Å²) in [6.07, 6.45) is 40.5. The number of nitrogens with one attached hydrogen (secondary N) is 2. The fraction of sp³-hybridized carbons (Fsp3) is 0.957. The molecule has 0 spiro atoms. The summed E-state index contributed by atoms with van der Waals surface area (Å²) in [7, 11) is 3.39. The van der Waals surface area contributed by atoms with Crippen molar-refractivity contribution in [3.63, 3.8) is 0 Å². The number of carbonyl (C=O) groups excluding carboxylic acids is 2. The van der Waals surface area contributed by atoms with Gasteiger partial charge in [-0.15, -0.1) is 0 Å². The molecule has 0 radical (unpaired) electrons. The van der Waals surface area contributed by atoms with Gasteiger partial charge >= 0.3 is 11.9 Å². The summed E-state index contributed by atoms with van der Waals surface area (Å²) in [4.78, 5) is 26.8. The van der Waals surface area contributed by atoms with E-state index in [0.29, 0.717) is 12.8 Å². The van der Waals surface area contributed by atoms with Crippen LogP contribution in [0.15, 0.2) is 0 Å². The maximum atomic E-state index is 11.9. The maximum absolute atomic E-state index is 11.9. The van der Waals surface area contributed by atoms with Crippen LogP contribution >= 0.6 is 0 Å². The summed E-state index contributed by atoms with van der Waals surface area (Å²) in [5.41, 5.74) is 0. The summed E-state index contributed by atoms with van der Waals surface area (Å²) in [5.74, 6) is -0.327. The van der Waals surface area contributed by atoms with Gasteiger partial charge in [-0.05, 0) is 26.7 Å². The second-order valence-corrected chi connectivity index (χ2v) is 17.2. The molecular formula is C46H98N2O8S. The predicted molar refractivity (Wildman–Crippen MR) is 238 cm³/mol. The van der Waals surface area contributed by atoms with Crippen LogP contribution in [0.2, 0.25) is 0 Å². The van der Waals surface area contributed by atoms with E-state index in [4.69, 9.17) is 27.0 Å². The molecule has 0 aliphatic carbocycles. The van der Waals surface area contributed by atoms with Crippen LogP contribution in [0.4, 0.5) is 0 Å². The van der Waals surface area contributed by atoms with E-state index in [1.165, 1.54) is 190 Å². The van der Waals surface area contributed by atoms with Crippen LogP contribution in [-0.2, 0) is 29.5 Å². The number of hydrogen-bond acceptors (Lipinski definition) is 8. The molecule has 0 aromatic rings. The highest BCUT2D eigenvalue weighted by atomic mass is 32.3. The highest BCUT2D eigenvalue weighted by Gasteiger charge is 2.06. The lowest BCUT2D eigenvalue weighted by molar-refractivity contribution is -0.856. The first-order valence-electron chi connectivity index (χ1n) is 23.8. The van der Waals surface area contributed by atoms with Crippen LogP contribution in [0.3, 0.4) is 0 Å².